The third-order valence-electron chi connectivity index (χ3n) is 1.12. The number of aryl methyl sites for hydroxylation is 1. The van der Waals surface area contributed by atoms with Crippen molar-refractivity contribution < 1.29 is 22.6 Å². The monoisotopic (exact) mass is 220 g/mol. The first-order valence-electron chi connectivity index (χ1n) is 3.55. The summed E-state index contributed by atoms with van der Waals surface area (Å²) in [5.74, 6) is 0. The molecule has 0 aliphatic rings. The topological polar surface area (TPSA) is 75.2 Å². The zero-order chi connectivity index (χ0) is 11.2. The lowest BCUT2D eigenvalue weighted by Crippen LogP contribution is -2.23. The maximum atomic E-state index is 9.47. The summed E-state index contributed by atoms with van der Waals surface area (Å²) in [6.07, 6.45) is 8.27. The van der Waals surface area contributed by atoms with Crippen molar-refractivity contribution in [2.24, 2.45) is 7.05 Å². The van der Waals surface area contributed by atoms with Crippen molar-refractivity contribution in [2.45, 2.75) is 0 Å². The smallest absolute Gasteiger partial charge is 0.255 e. The van der Waals surface area contributed by atoms with Crippen molar-refractivity contribution >= 4 is 16.3 Å². The summed E-state index contributed by atoms with van der Waals surface area (Å²) in [5, 5.41) is 8.86. The van der Waals surface area contributed by atoms with Crippen LogP contribution in [0.5, 0.6) is 0 Å². The molecule has 7 heteroatoms. The molecule has 0 radical (unpaired) electrons. The van der Waals surface area contributed by atoms with Crippen LogP contribution in [0.1, 0.15) is 0 Å². The van der Waals surface area contributed by atoms with Crippen LogP contribution < -0.4 is 9.82 Å². The summed E-state index contributed by atoms with van der Waals surface area (Å²) in [6, 6.07) is 0. The molecule has 1 heterocycles. The second-order valence-corrected chi connectivity index (χ2v) is 4.03. The van der Waals surface area contributed by atoms with Crippen molar-refractivity contribution in [3.05, 3.63) is 25.3 Å². The molecule has 0 N–H and O–H groups in total. The van der Waals surface area contributed by atoms with Gasteiger partial charge in [0, 0.05) is 0 Å². The van der Waals surface area contributed by atoms with E-state index in [0.29, 0.717) is 6.26 Å². The molecular formula is C7H12N2O4S. The molecule has 0 unspecified atom stereocenters. The standard InChI is InChI=1S/C6H9N2.CH4O4S/c1-3-8-5-4-7(2)6-8;1-6(3,4)5-2/h3-6H,1H2,2H3;2H,1H3/q+1;/p-1. The highest BCUT2D eigenvalue weighted by atomic mass is 32.2. The van der Waals surface area contributed by atoms with Crippen molar-refractivity contribution in [2.75, 3.05) is 6.26 Å². The predicted octanol–water partition coefficient (Wildman–Crippen LogP) is -1.35. The van der Waals surface area contributed by atoms with E-state index < -0.39 is 10.1 Å². The zero-order valence-electron chi connectivity index (χ0n) is 7.95. The summed E-state index contributed by atoms with van der Waals surface area (Å²) in [6.45, 7) is 3.59. The third-order valence-corrected chi connectivity index (χ3v) is 1.37. The lowest BCUT2D eigenvalue weighted by atomic mass is 10.8. The SMILES string of the molecule is C=Cn1cc[n+](C)c1.CS(=O)(=O)O[O-]. The molecule has 0 fully saturated rings. The number of imidazole rings is 1. The Morgan fingerprint density at radius 1 is 1.64 bits per heavy atom. The van der Waals surface area contributed by atoms with Crippen molar-refractivity contribution in [3.63, 3.8) is 0 Å². The zero-order valence-corrected chi connectivity index (χ0v) is 8.77. The van der Waals surface area contributed by atoms with Gasteiger partial charge >= 0.3 is 0 Å². The van der Waals surface area contributed by atoms with Gasteiger partial charge < -0.3 is 9.59 Å². The quantitative estimate of drug-likeness (QED) is 0.351. The van der Waals surface area contributed by atoms with E-state index in [4.69, 9.17) is 5.26 Å². The van der Waals surface area contributed by atoms with Crippen molar-refractivity contribution in [3.8, 4) is 0 Å². The summed E-state index contributed by atoms with van der Waals surface area (Å²) in [7, 11) is -1.75. The average molecular weight is 220 g/mol. The number of hydrogen-bond acceptors (Lipinski definition) is 4. The lowest BCUT2D eigenvalue weighted by Gasteiger charge is -1.97. The molecule has 0 amide bonds. The summed E-state index contributed by atoms with van der Waals surface area (Å²) in [4.78, 5) is 0. The molecular weight excluding hydrogens is 208 g/mol. The molecule has 0 saturated carbocycles. The molecule has 0 aliphatic carbocycles. The molecule has 0 spiro atoms. The molecule has 0 aromatic carbocycles. The minimum Gasteiger partial charge on any atom is -0.707 e. The van der Waals surface area contributed by atoms with E-state index in [1.807, 2.05) is 34.9 Å². The summed E-state index contributed by atoms with van der Waals surface area (Å²) >= 11 is 0. The van der Waals surface area contributed by atoms with Gasteiger partial charge in [0.05, 0.1) is 19.5 Å². The van der Waals surface area contributed by atoms with E-state index in [0.717, 1.165) is 0 Å². The molecule has 0 aliphatic heterocycles. The van der Waals surface area contributed by atoms with E-state index in [1.54, 1.807) is 6.20 Å². The highest BCUT2D eigenvalue weighted by Gasteiger charge is 1.90. The Morgan fingerprint density at radius 2 is 2.14 bits per heavy atom. The fourth-order valence-corrected chi connectivity index (χ4v) is 0.577. The van der Waals surface area contributed by atoms with Crippen molar-refractivity contribution in [1.82, 2.24) is 4.57 Å². The molecule has 1 aromatic rings. The first-order valence-corrected chi connectivity index (χ1v) is 5.37. The van der Waals surface area contributed by atoms with Crippen LogP contribution in [-0.2, 0) is 21.5 Å². The molecule has 0 bridgehead atoms. The summed E-state index contributed by atoms with van der Waals surface area (Å²) in [5.41, 5.74) is 0. The van der Waals surface area contributed by atoms with Gasteiger partial charge in [0.25, 0.3) is 10.1 Å². The predicted molar refractivity (Wildman–Crippen MR) is 47.9 cm³/mol. The second-order valence-electron chi connectivity index (χ2n) is 2.48. The molecule has 1 aromatic heterocycles. The van der Waals surface area contributed by atoms with Crippen LogP contribution in [-0.4, -0.2) is 19.2 Å². The Hall–Kier alpha value is -1.18. The van der Waals surface area contributed by atoms with Gasteiger partial charge in [-0.3, -0.25) is 0 Å². The molecule has 0 atom stereocenters. The molecule has 14 heavy (non-hydrogen) atoms. The van der Waals surface area contributed by atoms with Gasteiger partial charge in [-0.2, -0.15) is 0 Å². The van der Waals surface area contributed by atoms with Gasteiger partial charge in [-0.1, -0.05) is 6.58 Å². The van der Waals surface area contributed by atoms with Crippen LogP contribution in [0.4, 0.5) is 0 Å². The number of nitrogens with zero attached hydrogens (tertiary/aromatic N) is 2. The molecule has 80 valence electrons. The fourth-order valence-electron chi connectivity index (χ4n) is 0.577. The maximum Gasteiger partial charge on any atom is 0.255 e. The number of rotatable bonds is 2. The van der Waals surface area contributed by atoms with E-state index >= 15 is 0 Å². The highest BCUT2D eigenvalue weighted by molar-refractivity contribution is 7.85. The van der Waals surface area contributed by atoms with Crippen LogP contribution in [0.25, 0.3) is 6.20 Å². The van der Waals surface area contributed by atoms with E-state index in [-0.39, 0.29) is 0 Å². The van der Waals surface area contributed by atoms with Gasteiger partial charge in [0.2, 0.25) is 6.33 Å². The minimum atomic E-state index is -3.72. The van der Waals surface area contributed by atoms with Gasteiger partial charge in [0.1, 0.15) is 12.4 Å². The van der Waals surface area contributed by atoms with Gasteiger partial charge in [0.15, 0.2) is 0 Å². The first-order chi connectivity index (χ1) is 6.39. The number of aromatic nitrogens is 2. The van der Waals surface area contributed by atoms with Gasteiger partial charge in [-0.05, 0) is 0 Å². The molecule has 0 saturated heterocycles. The van der Waals surface area contributed by atoms with Gasteiger partial charge in [-0.25, -0.2) is 17.6 Å². The Morgan fingerprint density at radius 3 is 2.29 bits per heavy atom. The second kappa shape index (κ2) is 5.53. The number of hydrogen-bond donors (Lipinski definition) is 0. The van der Waals surface area contributed by atoms with E-state index in [9.17, 15) is 8.42 Å². The Kier molecular flexibility index (Phi) is 5.06. The van der Waals surface area contributed by atoms with Crippen molar-refractivity contribution in [1.29, 1.82) is 0 Å². The van der Waals surface area contributed by atoms with Crippen LogP contribution in [0.3, 0.4) is 0 Å². The molecule has 6 nitrogen and oxygen atoms in total. The van der Waals surface area contributed by atoms with Crippen LogP contribution in [0.2, 0.25) is 0 Å². The van der Waals surface area contributed by atoms with E-state index in [2.05, 4.69) is 10.9 Å². The Bertz CT molecular complexity index is 382. The largest absolute Gasteiger partial charge is 0.707 e. The van der Waals surface area contributed by atoms with E-state index in [1.165, 1.54) is 0 Å². The van der Waals surface area contributed by atoms with Crippen LogP contribution in [0, 0.1) is 0 Å². The Labute approximate surface area is 82.7 Å². The van der Waals surface area contributed by atoms with Crippen LogP contribution >= 0.6 is 0 Å². The van der Waals surface area contributed by atoms with Crippen LogP contribution in [0.15, 0.2) is 25.3 Å². The first kappa shape index (κ1) is 12.8. The highest BCUT2D eigenvalue weighted by Crippen LogP contribution is 1.79. The maximum absolute atomic E-state index is 9.47. The van der Waals surface area contributed by atoms with Gasteiger partial charge in [-0.15, -0.1) is 0 Å². The average Bonchev–Trinajstić information content (AvgIpc) is 2.51. The minimum absolute atomic E-state index is 0.681. The molecule has 1 rings (SSSR count). The lowest BCUT2D eigenvalue weighted by molar-refractivity contribution is -0.670. The third kappa shape index (κ3) is 6.35. The normalized spacial score (nSPS) is 10.2. The fraction of sp³-hybridized carbons (Fsp3) is 0.286. The Balaban J connectivity index is 0.000000255. The summed E-state index contributed by atoms with van der Waals surface area (Å²) < 4.78 is 25.4.